The molecule has 0 saturated heterocycles. The van der Waals surface area contributed by atoms with Gasteiger partial charge in [-0.25, -0.2) is 0 Å². The van der Waals surface area contributed by atoms with Gasteiger partial charge in [-0.15, -0.1) is 6.58 Å². The van der Waals surface area contributed by atoms with E-state index in [0.29, 0.717) is 5.35 Å². The Kier molecular flexibility index (Phi) is 5.44. The third-order valence-electron chi connectivity index (χ3n) is 0.964. The van der Waals surface area contributed by atoms with Crippen molar-refractivity contribution in [3.8, 4) is 0 Å². The van der Waals surface area contributed by atoms with E-state index in [0.717, 1.165) is 5.35 Å². The van der Waals surface area contributed by atoms with Crippen molar-refractivity contribution in [2.75, 3.05) is 0 Å². The van der Waals surface area contributed by atoms with Crippen molar-refractivity contribution in [1.82, 2.24) is 9.97 Å². The molecule has 1 rings (SSSR count). The molecule has 1 aromatic heterocycles. The molecule has 0 spiro atoms. The predicted molar refractivity (Wildman–Crippen MR) is 37.0 cm³/mol. The summed E-state index contributed by atoms with van der Waals surface area (Å²) in [5.41, 5.74) is 0. The summed E-state index contributed by atoms with van der Waals surface area (Å²) in [6.45, 7) is 7.14. The van der Waals surface area contributed by atoms with Gasteiger partial charge in [0.25, 0.3) is 0 Å². The molecule has 1 N–H and O–H groups in total. The van der Waals surface area contributed by atoms with Crippen LogP contribution in [0.5, 0.6) is 0 Å². The van der Waals surface area contributed by atoms with Crippen LogP contribution in [-0.2, 0) is 0 Å². The fourth-order valence-electron chi connectivity index (χ4n) is 0.550. The second kappa shape index (κ2) is 5.19. The largest absolute Gasteiger partial charge is 1.00 e. The summed E-state index contributed by atoms with van der Waals surface area (Å²) in [5.74, 6) is 0. The minimum atomic E-state index is 0. The zero-order chi connectivity index (χ0) is 6.69. The molecule has 0 radical (unpaired) electrons. The van der Waals surface area contributed by atoms with Crippen LogP contribution in [0.1, 0.15) is 0 Å². The van der Waals surface area contributed by atoms with E-state index in [-0.39, 0.29) is 58.2 Å². The third kappa shape index (κ3) is 2.62. The number of aromatic nitrogens is 2. The van der Waals surface area contributed by atoms with Crippen molar-refractivity contribution in [3.05, 3.63) is 29.7 Å². The van der Waals surface area contributed by atoms with Crippen molar-refractivity contribution in [2.45, 2.75) is 0 Å². The minimum absolute atomic E-state index is 0. The van der Waals surface area contributed by atoms with E-state index >= 15 is 0 Å². The molecule has 0 aliphatic rings. The molecule has 0 atom stereocenters. The third-order valence-corrected chi connectivity index (χ3v) is 0.964. The summed E-state index contributed by atoms with van der Waals surface area (Å²) < 4.78 is 0. The average Bonchev–Trinajstić information content (AvgIpc) is 2.18. The number of allylic oxidation sites excluding steroid dienone is 1. The zero-order valence-electron chi connectivity index (χ0n) is 6.02. The summed E-state index contributed by atoms with van der Waals surface area (Å²) in [6, 6.07) is 0. The number of hydrogen-bond acceptors (Lipinski definition) is 1. The van der Waals surface area contributed by atoms with Crippen LogP contribution >= 0.6 is 0 Å². The summed E-state index contributed by atoms with van der Waals surface area (Å²) in [4.78, 5) is 6.71. The number of aromatic amines is 1. The van der Waals surface area contributed by atoms with Crippen molar-refractivity contribution < 1.29 is 58.2 Å². The molecule has 0 unspecified atom stereocenters. The molecule has 0 saturated carbocycles. The Labute approximate surface area is 109 Å². The van der Waals surface area contributed by atoms with Gasteiger partial charge in [-0.3, -0.25) is 0 Å². The second-order valence-corrected chi connectivity index (χ2v) is 1.57. The van der Waals surface area contributed by atoms with Crippen molar-refractivity contribution in [3.63, 3.8) is 0 Å². The van der Waals surface area contributed by atoms with E-state index in [1.807, 2.05) is 0 Å². The molecule has 1 aromatic rings. The van der Waals surface area contributed by atoms with Gasteiger partial charge in [0.2, 0.25) is 0 Å². The van der Waals surface area contributed by atoms with Crippen LogP contribution in [0.4, 0.5) is 0 Å². The first-order valence-electron chi connectivity index (χ1n) is 2.57. The topological polar surface area (TPSA) is 28.7 Å². The van der Waals surface area contributed by atoms with Crippen LogP contribution in [0, 0.1) is 0 Å². The Morgan fingerprint density at radius 1 is 1.70 bits per heavy atom. The van der Waals surface area contributed by atoms with Gasteiger partial charge in [0.05, 0.1) is 6.33 Å². The van der Waals surface area contributed by atoms with E-state index < -0.39 is 0 Å². The summed E-state index contributed by atoms with van der Waals surface area (Å²) in [7, 11) is 0. The van der Waals surface area contributed by atoms with Crippen molar-refractivity contribution in [1.29, 1.82) is 0 Å². The Hall–Kier alpha value is 0.495. The Balaban J connectivity index is 0.000000810. The maximum atomic E-state index is 3.86. The molecule has 0 aliphatic carbocycles. The molecule has 46 valence electrons. The van der Waals surface area contributed by atoms with Crippen LogP contribution in [0.15, 0.2) is 19.0 Å². The molecule has 2 nitrogen and oxygen atoms in total. The van der Waals surface area contributed by atoms with Crippen molar-refractivity contribution >= 4 is 12.7 Å². The van der Waals surface area contributed by atoms with Gasteiger partial charge in [-0.2, -0.15) is 18.7 Å². The van der Waals surface area contributed by atoms with E-state index in [9.17, 15) is 0 Å². The Morgan fingerprint density at radius 3 is 2.80 bits per heavy atom. The van der Waals surface area contributed by atoms with Crippen LogP contribution in [0.2, 0.25) is 0 Å². The maximum absolute atomic E-state index is 3.86. The number of nitrogens with zero attached hydrogens (tertiary/aromatic N) is 1. The quantitative estimate of drug-likeness (QED) is 0.477. The van der Waals surface area contributed by atoms with E-state index in [2.05, 4.69) is 29.2 Å². The Bertz CT molecular complexity index is 300. The van der Waals surface area contributed by atoms with Gasteiger partial charge in [0, 0.05) is 0 Å². The van der Waals surface area contributed by atoms with Gasteiger partial charge >= 0.3 is 58.2 Å². The number of H-pyrrole nitrogens is 1. The first kappa shape index (κ1) is 10.5. The first-order valence-corrected chi connectivity index (χ1v) is 2.57. The molecular formula is C7H7N2Rb. The smallest absolute Gasteiger partial charge is 0.368 e. The normalized spacial score (nSPS) is 10.6. The molecule has 0 aliphatic heterocycles. The van der Waals surface area contributed by atoms with Gasteiger partial charge in [0.15, 0.2) is 0 Å². The molecular weight excluding hydrogens is 198 g/mol. The van der Waals surface area contributed by atoms with Gasteiger partial charge in [0.1, 0.15) is 0 Å². The van der Waals surface area contributed by atoms with Gasteiger partial charge < -0.3 is 9.97 Å². The first-order chi connectivity index (χ1) is 4.34. The monoisotopic (exact) mass is 204 g/mol. The fraction of sp³-hybridized carbons (Fsp3) is 0. The maximum Gasteiger partial charge on any atom is 1.00 e. The standard InChI is InChI=1S/C7H7N2.Rb/c1-3-4-7-6(2)8-5-9-7;/h3,5H,1-2H2,(H,8,9);/q-1;+1. The van der Waals surface area contributed by atoms with Crippen LogP contribution in [0.3, 0.4) is 0 Å². The van der Waals surface area contributed by atoms with E-state index in [1.165, 1.54) is 0 Å². The minimum Gasteiger partial charge on any atom is -0.368 e. The van der Waals surface area contributed by atoms with Crippen LogP contribution in [0.25, 0.3) is 12.7 Å². The Morgan fingerprint density at radius 2 is 2.40 bits per heavy atom. The fourth-order valence-corrected chi connectivity index (χ4v) is 0.550. The molecule has 0 fully saturated rings. The number of rotatable bonds is 1. The summed E-state index contributed by atoms with van der Waals surface area (Å²) in [6.07, 6.45) is 5.99. The predicted octanol–water partition coefficient (Wildman–Crippen LogP) is -3.33. The molecule has 0 aromatic carbocycles. The molecule has 0 amide bonds. The van der Waals surface area contributed by atoms with E-state index in [4.69, 9.17) is 0 Å². The number of imidazole rings is 1. The second-order valence-electron chi connectivity index (χ2n) is 1.57. The number of nitrogens with one attached hydrogen (secondary N) is 1. The molecule has 0 bridgehead atoms. The molecule has 10 heavy (non-hydrogen) atoms. The summed E-state index contributed by atoms with van der Waals surface area (Å²) in [5, 5.41) is 1.50. The molecule has 3 heteroatoms. The van der Waals surface area contributed by atoms with Gasteiger partial charge in [-0.1, -0.05) is 0 Å². The number of hydrogen-bond donors (Lipinski definition) is 1. The molecule has 1 heterocycles. The van der Waals surface area contributed by atoms with Crippen LogP contribution in [-0.4, -0.2) is 9.97 Å². The van der Waals surface area contributed by atoms with Crippen molar-refractivity contribution in [2.24, 2.45) is 0 Å². The van der Waals surface area contributed by atoms with E-state index in [1.54, 1.807) is 12.4 Å². The average molecular weight is 205 g/mol. The summed E-state index contributed by atoms with van der Waals surface area (Å²) >= 11 is 0. The SMILES string of the molecule is C=C[C-]=c1[nH]cnc1=C.[Rb+]. The zero-order valence-corrected chi connectivity index (χ0v) is 10.9. The van der Waals surface area contributed by atoms with Gasteiger partial charge in [-0.05, 0) is 10.7 Å². The van der Waals surface area contributed by atoms with Crippen LogP contribution < -0.4 is 68.9 Å².